The zero-order valence-electron chi connectivity index (χ0n) is 20.4. The summed E-state index contributed by atoms with van der Waals surface area (Å²) in [7, 11) is -3.55. The van der Waals surface area contributed by atoms with Gasteiger partial charge in [0.25, 0.3) is 8.32 Å². The van der Waals surface area contributed by atoms with Crippen molar-refractivity contribution in [2.45, 2.75) is 91.1 Å². The summed E-state index contributed by atoms with van der Waals surface area (Å²) in [5.41, 5.74) is 3.51. The molecule has 0 aliphatic heterocycles. The molecule has 0 aromatic heterocycles. The van der Waals surface area contributed by atoms with Crippen LogP contribution in [0.1, 0.15) is 58.8 Å². The SMILES string of the molecule is C[C@]12CCC(O[Si](C)(C)CCl)=CC1=CCC1C2CC[C@@]2(C)C1CC[C@@H]2O[Si](C)(C)CCl. The number of alkyl halides is 2. The second kappa shape index (κ2) is 8.48. The van der Waals surface area contributed by atoms with Gasteiger partial charge in [-0.3, -0.25) is 0 Å². The molecule has 3 unspecified atom stereocenters. The highest BCUT2D eigenvalue weighted by Gasteiger charge is 2.59. The molecule has 0 heterocycles. The van der Waals surface area contributed by atoms with Crippen LogP contribution in [0, 0.1) is 28.6 Å². The van der Waals surface area contributed by atoms with Crippen molar-refractivity contribution in [1.82, 2.24) is 0 Å². The van der Waals surface area contributed by atoms with Crippen molar-refractivity contribution in [1.29, 1.82) is 0 Å². The Balaban J connectivity index is 1.55. The standard InChI is InChI=1S/C25H42Cl2O2Si2/c1-24-13-11-19(28-30(3,4)16-26)15-18(24)7-8-20-21-9-10-23(29-31(5,6)17-27)25(21,2)14-12-22(20)24/h7,15,20-23H,8-14,16-17H2,1-6H3/t20?,21?,22?,23-,24-,25-/m0/s1. The van der Waals surface area contributed by atoms with Gasteiger partial charge in [0, 0.05) is 11.9 Å². The number of halogens is 2. The number of rotatable bonds is 6. The molecule has 0 N–H and O–H groups in total. The van der Waals surface area contributed by atoms with Gasteiger partial charge in [-0.25, -0.2) is 0 Å². The van der Waals surface area contributed by atoms with E-state index in [1.165, 1.54) is 44.3 Å². The largest absolute Gasteiger partial charge is 0.546 e. The van der Waals surface area contributed by atoms with Gasteiger partial charge in [-0.05, 0) is 105 Å². The van der Waals surface area contributed by atoms with E-state index in [0.29, 0.717) is 27.9 Å². The number of hydrogen-bond acceptors (Lipinski definition) is 2. The molecule has 0 saturated heterocycles. The van der Waals surface area contributed by atoms with Gasteiger partial charge in [0.1, 0.15) is 0 Å². The van der Waals surface area contributed by atoms with Crippen LogP contribution in [0.5, 0.6) is 0 Å². The highest BCUT2D eigenvalue weighted by atomic mass is 35.5. The summed E-state index contributed by atoms with van der Waals surface area (Å²) in [6.07, 6.45) is 14.1. The molecular weight excluding hydrogens is 459 g/mol. The molecule has 4 rings (SSSR count). The normalized spacial score (nSPS) is 40.4. The Morgan fingerprint density at radius 2 is 1.68 bits per heavy atom. The van der Waals surface area contributed by atoms with Crippen molar-refractivity contribution in [2.75, 3.05) is 11.0 Å². The van der Waals surface area contributed by atoms with E-state index in [2.05, 4.69) is 52.2 Å². The predicted octanol–water partition coefficient (Wildman–Crippen LogP) is 7.81. The molecule has 4 aliphatic rings. The summed E-state index contributed by atoms with van der Waals surface area (Å²) >= 11 is 12.4. The van der Waals surface area contributed by atoms with E-state index >= 15 is 0 Å². The fourth-order valence-electron chi connectivity index (χ4n) is 7.32. The van der Waals surface area contributed by atoms with Gasteiger partial charge in [0.2, 0.25) is 8.32 Å². The molecule has 0 radical (unpaired) electrons. The Bertz CT molecular complexity index is 765. The summed E-state index contributed by atoms with van der Waals surface area (Å²) in [6.45, 7) is 14.1. The van der Waals surface area contributed by atoms with Crippen LogP contribution in [0.2, 0.25) is 26.2 Å². The molecule has 0 amide bonds. The van der Waals surface area contributed by atoms with E-state index < -0.39 is 16.6 Å². The van der Waals surface area contributed by atoms with Crippen molar-refractivity contribution in [3.63, 3.8) is 0 Å². The molecular formula is C25H42Cl2O2Si2. The lowest BCUT2D eigenvalue weighted by molar-refractivity contribution is -0.0580. The Morgan fingerprint density at radius 3 is 2.35 bits per heavy atom. The van der Waals surface area contributed by atoms with Gasteiger partial charge >= 0.3 is 0 Å². The summed E-state index contributed by atoms with van der Waals surface area (Å²) < 4.78 is 13.2. The first-order chi connectivity index (χ1) is 14.4. The fraction of sp³-hybridized carbons (Fsp3) is 0.840. The Labute approximate surface area is 202 Å². The number of fused-ring (bicyclic) bond motifs is 5. The number of hydrogen-bond donors (Lipinski definition) is 0. The van der Waals surface area contributed by atoms with E-state index in [-0.39, 0.29) is 0 Å². The Morgan fingerprint density at radius 1 is 0.968 bits per heavy atom. The predicted molar refractivity (Wildman–Crippen MR) is 138 cm³/mol. The molecule has 0 aromatic rings. The van der Waals surface area contributed by atoms with Crippen molar-refractivity contribution in [3.8, 4) is 0 Å². The molecule has 2 nitrogen and oxygen atoms in total. The summed E-state index contributed by atoms with van der Waals surface area (Å²) in [6, 6.07) is 0. The maximum Gasteiger partial charge on any atom is 0.259 e. The van der Waals surface area contributed by atoms with Crippen LogP contribution in [-0.4, -0.2) is 33.7 Å². The second-order valence-corrected chi connectivity index (χ2v) is 22.0. The lowest BCUT2D eigenvalue weighted by Crippen LogP contribution is -2.52. The molecule has 176 valence electrons. The molecule has 2 fully saturated rings. The quantitative estimate of drug-likeness (QED) is 0.273. The maximum atomic E-state index is 6.76. The minimum atomic E-state index is -1.79. The van der Waals surface area contributed by atoms with E-state index in [9.17, 15) is 0 Å². The lowest BCUT2D eigenvalue weighted by Gasteiger charge is -2.57. The first-order valence-corrected chi connectivity index (χ1v) is 19.6. The molecule has 0 spiro atoms. The van der Waals surface area contributed by atoms with E-state index in [1.807, 2.05) is 0 Å². The molecule has 2 saturated carbocycles. The smallest absolute Gasteiger partial charge is 0.259 e. The monoisotopic (exact) mass is 500 g/mol. The molecule has 4 aliphatic carbocycles. The fourth-order valence-corrected chi connectivity index (χ4v) is 9.82. The van der Waals surface area contributed by atoms with Crippen LogP contribution >= 0.6 is 23.2 Å². The molecule has 6 atom stereocenters. The van der Waals surface area contributed by atoms with Crippen LogP contribution in [0.3, 0.4) is 0 Å². The van der Waals surface area contributed by atoms with E-state index in [1.54, 1.807) is 5.57 Å². The third kappa shape index (κ3) is 4.38. The van der Waals surface area contributed by atoms with Crippen LogP contribution in [0.25, 0.3) is 0 Å². The van der Waals surface area contributed by atoms with Gasteiger partial charge in [0.05, 0.1) is 17.4 Å². The lowest BCUT2D eigenvalue weighted by atomic mass is 9.48. The summed E-state index contributed by atoms with van der Waals surface area (Å²) in [5.74, 6) is 3.56. The highest BCUT2D eigenvalue weighted by Crippen LogP contribution is 2.65. The number of allylic oxidation sites excluding steroid dienone is 4. The summed E-state index contributed by atoms with van der Waals surface area (Å²) in [4.78, 5) is 0. The zero-order valence-corrected chi connectivity index (χ0v) is 23.9. The van der Waals surface area contributed by atoms with Crippen molar-refractivity contribution in [3.05, 3.63) is 23.5 Å². The third-order valence-electron chi connectivity index (χ3n) is 9.16. The Kier molecular flexibility index (Phi) is 6.67. The van der Waals surface area contributed by atoms with Crippen molar-refractivity contribution in [2.24, 2.45) is 28.6 Å². The molecule has 6 heteroatoms. The minimum absolute atomic E-state index is 0.298. The summed E-state index contributed by atoms with van der Waals surface area (Å²) in [5, 5.41) is 0. The first-order valence-electron chi connectivity index (χ1n) is 12.3. The second-order valence-electron chi connectivity index (χ2n) is 12.4. The third-order valence-corrected chi connectivity index (χ3v) is 16.0. The maximum absolute atomic E-state index is 6.76. The average molecular weight is 502 g/mol. The zero-order chi connectivity index (χ0) is 22.7. The van der Waals surface area contributed by atoms with Gasteiger partial charge in [-0.1, -0.05) is 19.9 Å². The van der Waals surface area contributed by atoms with Crippen molar-refractivity contribution >= 4 is 39.8 Å². The topological polar surface area (TPSA) is 18.5 Å². The first kappa shape index (κ1) is 24.4. The van der Waals surface area contributed by atoms with Crippen molar-refractivity contribution < 1.29 is 8.85 Å². The van der Waals surface area contributed by atoms with Crippen LogP contribution in [-0.2, 0) is 8.85 Å². The minimum Gasteiger partial charge on any atom is -0.546 e. The van der Waals surface area contributed by atoms with Crippen LogP contribution < -0.4 is 0 Å². The van der Waals surface area contributed by atoms with E-state index in [4.69, 9.17) is 32.1 Å². The van der Waals surface area contributed by atoms with Crippen LogP contribution in [0.15, 0.2) is 23.5 Å². The Hall–Kier alpha value is 0.254. The van der Waals surface area contributed by atoms with E-state index in [0.717, 1.165) is 24.2 Å². The van der Waals surface area contributed by atoms with Gasteiger partial charge in [0.15, 0.2) is 0 Å². The molecule has 0 bridgehead atoms. The van der Waals surface area contributed by atoms with Gasteiger partial charge in [-0.15, -0.1) is 23.2 Å². The highest BCUT2D eigenvalue weighted by molar-refractivity contribution is 6.78. The molecule has 31 heavy (non-hydrogen) atoms. The van der Waals surface area contributed by atoms with Gasteiger partial charge < -0.3 is 8.85 Å². The molecule has 0 aromatic carbocycles. The van der Waals surface area contributed by atoms with Crippen LogP contribution in [0.4, 0.5) is 0 Å². The average Bonchev–Trinajstić information content (AvgIpc) is 3.04. The van der Waals surface area contributed by atoms with Gasteiger partial charge in [-0.2, -0.15) is 0 Å².